The molecule has 0 unspecified atom stereocenters. The first-order valence-corrected chi connectivity index (χ1v) is 6.44. The highest BCUT2D eigenvalue weighted by Crippen LogP contribution is 2.14. The molecule has 0 atom stereocenters. The molecule has 3 heteroatoms. The van der Waals surface area contributed by atoms with Crippen LogP contribution in [0.2, 0.25) is 0 Å². The van der Waals surface area contributed by atoms with Crippen LogP contribution in [-0.4, -0.2) is 36.7 Å². The topological polar surface area (TPSA) is 20.2 Å². The predicted molar refractivity (Wildman–Crippen MR) is 74.1 cm³/mol. The summed E-state index contributed by atoms with van der Waals surface area (Å²) in [6.45, 7) is 10.9. The third-order valence-corrected chi connectivity index (χ3v) is 2.92. The third kappa shape index (κ3) is 4.92. The summed E-state index contributed by atoms with van der Waals surface area (Å²) < 4.78 is 2.28. The van der Waals surface area contributed by atoms with E-state index in [2.05, 4.69) is 68.0 Å². The molecule has 17 heavy (non-hydrogen) atoms. The van der Waals surface area contributed by atoms with Crippen molar-refractivity contribution in [1.29, 1.82) is 0 Å². The normalized spacial score (nSPS) is 12.4. The molecular weight excluding hydrogens is 210 g/mol. The van der Waals surface area contributed by atoms with E-state index < -0.39 is 0 Å². The zero-order valence-corrected chi connectivity index (χ0v) is 12.0. The Morgan fingerprint density at radius 2 is 2.06 bits per heavy atom. The molecule has 0 fully saturated rings. The average molecular weight is 237 g/mol. The van der Waals surface area contributed by atoms with E-state index in [1.54, 1.807) is 0 Å². The van der Waals surface area contributed by atoms with Crippen molar-refractivity contribution in [3.63, 3.8) is 0 Å². The molecule has 1 aromatic rings. The molecule has 0 saturated carbocycles. The highest BCUT2D eigenvalue weighted by Gasteiger charge is 2.18. The molecule has 0 aliphatic carbocycles. The first-order chi connectivity index (χ1) is 7.94. The van der Waals surface area contributed by atoms with E-state index in [-0.39, 0.29) is 0 Å². The first kappa shape index (κ1) is 14.3. The Morgan fingerprint density at radius 1 is 1.35 bits per heavy atom. The van der Waals surface area contributed by atoms with Crippen molar-refractivity contribution < 1.29 is 0 Å². The van der Waals surface area contributed by atoms with Crippen LogP contribution in [0.3, 0.4) is 0 Å². The van der Waals surface area contributed by atoms with Gasteiger partial charge in [0.2, 0.25) is 0 Å². The molecule has 0 amide bonds. The van der Waals surface area contributed by atoms with Gasteiger partial charge < -0.3 is 14.8 Å². The highest BCUT2D eigenvalue weighted by molar-refractivity contribution is 5.06. The summed E-state index contributed by atoms with van der Waals surface area (Å²) in [5.74, 6) is 0. The van der Waals surface area contributed by atoms with E-state index in [0.717, 1.165) is 26.2 Å². The lowest BCUT2D eigenvalue weighted by Crippen LogP contribution is -2.37. The fourth-order valence-corrected chi connectivity index (χ4v) is 2.36. The Balaban J connectivity index is 2.37. The van der Waals surface area contributed by atoms with Crippen molar-refractivity contribution in [2.24, 2.45) is 5.41 Å². The number of nitrogens with zero attached hydrogens (tertiary/aromatic N) is 2. The molecule has 1 heterocycles. The fraction of sp³-hybridized carbons (Fsp3) is 0.714. The maximum absolute atomic E-state index is 3.56. The van der Waals surface area contributed by atoms with E-state index >= 15 is 0 Å². The molecule has 0 bridgehead atoms. The number of nitrogens with one attached hydrogen (secondary N) is 1. The average Bonchev–Trinajstić information content (AvgIpc) is 2.62. The molecule has 0 radical (unpaired) electrons. The molecule has 0 aliphatic heterocycles. The number of hydrogen-bond donors (Lipinski definition) is 1. The van der Waals surface area contributed by atoms with Crippen LogP contribution in [0, 0.1) is 5.41 Å². The zero-order chi connectivity index (χ0) is 12.9. The lowest BCUT2D eigenvalue weighted by atomic mass is 9.93. The first-order valence-electron chi connectivity index (χ1n) is 6.44. The SMILES string of the molecule is CCn1cccc1CNCC(C)(C)CN(C)C. The van der Waals surface area contributed by atoms with E-state index in [1.165, 1.54) is 5.69 Å². The van der Waals surface area contributed by atoms with E-state index in [0.29, 0.717) is 5.41 Å². The van der Waals surface area contributed by atoms with Crippen LogP contribution < -0.4 is 5.32 Å². The van der Waals surface area contributed by atoms with Gasteiger partial charge >= 0.3 is 0 Å². The Hall–Kier alpha value is -0.800. The highest BCUT2D eigenvalue weighted by atomic mass is 15.1. The lowest BCUT2D eigenvalue weighted by molar-refractivity contribution is 0.231. The molecule has 3 nitrogen and oxygen atoms in total. The molecule has 98 valence electrons. The second kappa shape index (κ2) is 6.22. The standard InChI is InChI=1S/C14H27N3/c1-6-17-9-7-8-13(17)10-15-11-14(2,3)12-16(4)5/h7-9,15H,6,10-12H2,1-5H3. The van der Waals surface area contributed by atoms with Crippen molar-refractivity contribution in [3.05, 3.63) is 24.0 Å². The van der Waals surface area contributed by atoms with Crippen molar-refractivity contribution in [3.8, 4) is 0 Å². The van der Waals surface area contributed by atoms with Crippen molar-refractivity contribution >= 4 is 0 Å². The molecule has 0 aliphatic rings. The van der Waals surface area contributed by atoms with Crippen LogP contribution in [0.1, 0.15) is 26.5 Å². The Labute approximate surface area is 106 Å². The predicted octanol–water partition coefficient (Wildman–Crippen LogP) is 2.19. The molecular formula is C14H27N3. The van der Waals surface area contributed by atoms with Gasteiger partial charge in [0.15, 0.2) is 0 Å². The summed E-state index contributed by atoms with van der Waals surface area (Å²) in [5, 5.41) is 3.56. The Bertz CT molecular complexity index is 326. The van der Waals surface area contributed by atoms with Crippen LogP contribution in [-0.2, 0) is 13.1 Å². The zero-order valence-electron chi connectivity index (χ0n) is 12.0. The van der Waals surface area contributed by atoms with E-state index in [4.69, 9.17) is 0 Å². The van der Waals surface area contributed by atoms with Crippen LogP contribution >= 0.6 is 0 Å². The van der Waals surface area contributed by atoms with E-state index in [1.807, 2.05) is 0 Å². The van der Waals surface area contributed by atoms with Gasteiger partial charge in [-0.25, -0.2) is 0 Å². The summed E-state index contributed by atoms with van der Waals surface area (Å²) in [4.78, 5) is 2.25. The number of hydrogen-bond acceptors (Lipinski definition) is 2. The van der Waals surface area contributed by atoms with E-state index in [9.17, 15) is 0 Å². The fourth-order valence-electron chi connectivity index (χ4n) is 2.36. The van der Waals surface area contributed by atoms with Crippen LogP contribution in [0.15, 0.2) is 18.3 Å². The summed E-state index contributed by atoms with van der Waals surface area (Å²) in [6, 6.07) is 4.31. The number of aromatic nitrogens is 1. The van der Waals surface area contributed by atoms with Crippen molar-refractivity contribution in [1.82, 2.24) is 14.8 Å². The molecule has 1 N–H and O–H groups in total. The van der Waals surface area contributed by atoms with Crippen LogP contribution in [0.25, 0.3) is 0 Å². The Kier molecular flexibility index (Phi) is 5.22. The van der Waals surface area contributed by atoms with Gasteiger partial charge in [-0.3, -0.25) is 0 Å². The summed E-state index contributed by atoms with van der Waals surface area (Å²) in [7, 11) is 4.26. The summed E-state index contributed by atoms with van der Waals surface area (Å²) in [6.07, 6.45) is 2.14. The smallest absolute Gasteiger partial charge is 0.0359 e. The van der Waals surface area contributed by atoms with Gasteiger partial charge in [-0.05, 0) is 38.6 Å². The lowest BCUT2D eigenvalue weighted by Gasteiger charge is -2.28. The van der Waals surface area contributed by atoms with Gasteiger partial charge in [-0.1, -0.05) is 13.8 Å². The van der Waals surface area contributed by atoms with Crippen LogP contribution in [0.5, 0.6) is 0 Å². The number of aryl methyl sites for hydroxylation is 1. The quantitative estimate of drug-likeness (QED) is 0.784. The largest absolute Gasteiger partial charge is 0.351 e. The third-order valence-electron chi connectivity index (χ3n) is 2.92. The minimum atomic E-state index is 0.313. The van der Waals surface area contributed by atoms with Crippen molar-refractivity contribution in [2.45, 2.75) is 33.9 Å². The maximum atomic E-state index is 3.56. The van der Waals surface area contributed by atoms with Gasteiger partial charge in [0, 0.05) is 38.1 Å². The van der Waals surface area contributed by atoms with Gasteiger partial charge in [-0.15, -0.1) is 0 Å². The summed E-state index contributed by atoms with van der Waals surface area (Å²) in [5.41, 5.74) is 1.68. The van der Waals surface area contributed by atoms with Crippen molar-refractivity contribution in [2.75, 3.05) is 27.2 Å². The Morgan fingerprint density at radius 3 is 2.65 bits per heavy atom. The van der Waals surface area contributed by atoms with Gasteiger partial charge in [0.1, 0.15) is 0 Å². The molecule has 0 spiro atoms. The minimum Gasteiger partial charge on any atom is -0.351 e. The van der Waals surface area contributed by atoms with Gasteiger partial charge in [0.05, 0.1) is 0 Å². The molecule has 0 aromatic carbocycles. The minimum absolute atomic E-state index is 0.313. The molecule has 1 aromatic heterocycles. The monoisotopic (exact) mass is 237 g/mol. The second-order valence-corrected chi connectivity index (χ2v) is 5.79. The number of rotatable bonds is 7. The summed E-state index contributed by atoms with van der Waals surface area (Å²) >= 11 is 0. The second-order valence-electron chi connectivity index (χ2n) is 5.79. The van der Waals surface area contributed by atoms with Gasteiger partial charge in [-0.2, -0.15) is 0 Å². The maximum Gasteiger partial charge on any atom is 0.0359 e. The van der Waals surface area contributed by atoms with Gasteiger partial charge in [0.25, 0.3) is 0 Å². The van der Waals surface area contributed by atoms with Crippen LogP contribution in [0.4, 0.5) is 0 Å². The molecule has 1 rings (SSSR count). The molecule has 0 saturated heterocycles.